The van der Waals surface area contributed by atoms with Gasteiger partial charge in [0.2, 0.25) is 0 Å². The SMILES string of the molecule is CCCCCCCCCCCCCCCCCCC[CH2][Sn][CH2]CCCCCCCCCCCCCCCCCCC.Cl.Cl. The smallest absolute Gasteiger partial charge is 0.147 e. The Hall–Kier alpha value is 1.38. The van der Waals surface area contributed by atoms with E-state index in [0.717, 1.165) is 0 Å². The van der Waals surface area contributed by atoms with Gasteiger partial charge in [-0.1, -0.05) is 104 Å². The molecule has 0 saturated carbocycles. The average molecular weight is 755 g/mol. The maximum absolute atomic E-state index is 2.31. The van der Waals surface area contributed by atoms with Crippen LogP contribution < -0.4 is 0 Å². The van der Waals surface area contributed by atoms with E-state index in [1.54, 1.807) is 34.6 Å². The van der Waals surface area contributed by atoms with E-state index in [1.165, 1.54) is 205 Å². The molecule has 0 aromatic rings. The fourth-order valence-corrected chi connectivity index (χ4v) is 10.00. The summed E-state index contributed by atoms with van der Waals surface area (Å²) in [6.07, 6.45) is 53.9. The van der Waals surface area contributed by atoms with E-state index in [9.17, 15) is 0 Å². The quantitative estimate of drug-likeness (QED) is 0.0435. The van der Waals surface area contributed by atoms with Crippen LogP contribution in [0.2, 0.25) is 8.87 Å². The van der Waals surface area contributed by atoms with Gasteiger partial charge in [-0.2, -0.15) is 0 Å². The van der Waals surface area contributed by atoms with Crippen LogP contribution in [0.4, 0.5) is 0 Å². The van der Waals surface area contributed by atoms with Gasteiger partial charge in [0.1, 0.15) is 0 Å². The van der Waals surface area contributed by atoms with Gasteiger partial charge in [-0.25, -0.2) is 0 Å². The van der Waals surface area contributed by atoms with E-state index in [2.05, 4.69) is 13.8 Å². The molecule has 0 amide bonds. The van der Waals surface area contributed by atoms with Gasteiger partial charge in [-0.05, 0) is 0 Å². The molecule has 0 bridgehead atoms. The minimum absolute atomic E-state index is 0. The Kier molecular flexibility index (Phi) is 54.2. The summed E-state index contributed by atoms with van der Waals surface area (Å²) < 4.78 is 3.34. The van der Waals surface area contributed by atoms with Crippen LogP contribution in [0.3, 0.4) is 0 Å². The molecule has 0 aliphatic rings. The van der Waals surface area contributed by atoms with Crippen LogP contribution in [0, 0.1) is 0 Å². The third kappa shape index (κ3) is 47.9. The molecule has 3 heteroatoms. The number of rotatable bonds is 38. The molecule has 0 nitrogen and oxygen atoms in total. The molecule has 0 spiro atoms. The molecule has 0 unspecified atom stereocenters. The first-order valence-corrected chi connectivity index (χ1v) is 24.2. The van der Waals surface area contributed by atoms with Crippen molar-refractivity contribution >= 4 is 46.0 Å². The van der Waals surface area contributed by atoms with Crippen LogP contribution in [-0.4, -0.2) is 21.1 Å². The van der Waals surface area contributed by atoms with Gasteiger partial charge in [0.15, 0.2) is 0 Å². The molecule has 0 saturated heterocycles. The first-order chi connectivity index (χ1) is 20.4. The van der Waals surface area contributed by atoms with E-state index in [-0.39, 0.29) is 46.0 Å². The molecule has 43 heavy (non-hydrogen) atoms. The summed E-state index contributed by atoms with van der Waals surface area (Å²) >= 11 is 0.00387. The van der Waals surface area contributed by atoms with Crippen molar-refractivity contribution in [3.8, 4) is 0 Å². The Bertz CT molecular complexity index is 393. The Morgan fingerprint density at radius 3 is 0.512 bits per heavy atom. The van der Waals surface area contributed by atoms with Crippen LogP contribution in [0.5, 0.6) is 0 Å². The number of hydrogen-bond donors (Lipinski definition) is 0. The summed E-state index contributed by atoms with van der Waals surface area (Å²) in [6.45, 7) is 4.62. The van der Waals surface area contributed by atoms with Crippen LogP contribution in [0.25, 0.3) is 0 Å². The summed E-state index contributed by atoms with van der Waals surface area (Å²) in [7, 11) is 0. The topological polar surface area (TPSA) is 0 Å². The van der Waals surface area contributed by atoms with E-state index < -0.39 is 0 Å². The van der Waals surface area contributed by atoms with Gasteiger partial charge >= 0.3 is 171 Å². The molecule has 0 aliphatic heterocycles. The fraction of sp³-hybridized carbons (Fsp3) is 1.00. The Balaban J connectivity index is -0.00000800. The minimum Gasteiger partial charge on any atom is -0.147 e. The third-order valence-electron chi connectivity index (χ3n) is 9.41. The predicted octanol–water partition coefficient (Wildman–Crippen LogP) is 16.5. The van der Waals surface area contributed by atoms with Crippen molar-refractivity contribution in [2.75, 3.05) is 0 Å². The second kappa shape index (κ2) is 47.8. The van der Waals surface area contributed by atoms with Crippen molar-refractivity contribution in [3.05, 3.63) is 0 Å². The maximum atomic E-state index is 2.31. The van der Waals surface area contributed by atoms with Gasteiger partial charge in [0.25, 0.3) is 0 Å². The first-order valence-electron chi connectivity index (χ1n) is 20.1. The van der Waals surface area contributed by atoms with Crippen molar-refractivity contribution in [1.82, 2.24) is 0 Å². The van der Waals surface area contributed by atoms with Gasteiger partial charge in [0.05, 0.1) is 0 Å². The van der Waals surface area contributed by atoms with Gasteiger partial charge in [-0.15, -0.1) is 24.8 Å². The summed E-state index contributed by atoms with van der Waals surface area (Å²) in [5, 5.41) is 0. The zero-order valence-electron chi connectivity index (χ0n) is 30.2. The summed E-state index contributed by atoms with van der Waals surface area (Å²) in [6, 6.07) is 0. The molecule has 0 aliphatic carbocycles. The first kappa shape index (κ1) is 48.8. The second-order valence-electron chi connectivity index (χ2n) is 13.8. The number of unbranched alkanes of at least 4 members (excludes halogenated alkanes) is 34. The van der Waals surface area contributed by atoms with Gasteiger partial charge in [-0.3, -0.25) is 0 Å². The Labute approximate surface area is 298 Å². The zero-order chi connectivity index (χ0) is 29.6. The molecular weight excluding hydrogens is 670 g/mol. The molecule has 0 aromatic heterocycles. The molecule has 262 valence electrons. The van der Waals surface area contributed by atoms with E-state index in [4.69, 9.17) is 0 Å². The van der Waals surface area contributed by atoms with Gasteiger partial charge < -0.3 is 0 Å². The molecule has 0 atom stereocenters. The number of halogens is 2. The molecule has 0 heterocycles. The zero-order valence-corrected chi connectivity index (χ0v) is 34.7. The van der Waals surface area contributed by atoms with Crippen LogP contribution >= 0.6 is 24.8 Å². The minimum atomic E-state index is 0. The third-order valence-corrected chi connectivity index (χ3v) is 13.5. The molecule has 0 aromatic carbocycles. The second-order valence-corrected chi connectivity index (χ2v) is 18.1. The summed E-state index contributed by atoms with van der Waals surface area (Å²) in [5.41, 5.74) is 0. The molecule has 2 radical (unpaired) electrons. The van der Waals surface area contributed by atoms with Crippen molar-refractivity contribution in [2.45, 2.75) is 254 Å². The molecule has 0 fully saturated rings. The summed E-state index contributed by atoms with van der Waals surface area (Å²) in [5.74, 6) is 0. The normalized spacial score (nSPS) is 11.0. The van der Waals surface area contributed by atoms with Crippen molar-refractivity contribution in [2.24, 2.45) is 0 Å². The standard InChI is InChI=1S/2C20H41.2ClH.Sn/c2*1-3-5-7-9-11-13-15-17-19-20-18-16-14-12-10-8-6-4-2;;;/h2*1,3-20H2,2H3;2*1H;. The van der Waals surface area contributed by atoms with Crippen LogP contribution in [0.1, 0.15) is 245 Å². The van der Waals surface area contributed by atoms with Crippen LogP contribution in [0.15, 0.2) is 0 Å². The molecular formula is C40H84Cl2Sn. The van der Waals surface area contributed by atoms with Gasteiger partial charge in [0, 0.05) is 0 Å². The fourth-order valence-electron chi connectivity index (χ4n) is 6.43. The Morgan fingerprint density at radius 2 is 0.349 bits per heavy atom. The van der Waals surface area contributed by atoms with E-state index in [0.29, 0.717) is 0 Å². The average Bonchev–Trinajstić information content (AvgIpc) is 2.98. The van der Waals surface area contributed by atoms with Crippen molar-refractivity contribution < 1.29 is 0 Å². The van der Waals surface area contributed by atoms with E-state index >= 15 is 0 Å². The molecule has 0 N–H and O–H groups in total. The number of hydrogen-bond acceptors (Lipinski definition) is 0. The van der Waals surface area contributed by atoms with E-state index in [1.807, 2.05) is 0 Å². The predicted molar refractivity (Wildman–Crippen MR) is 207 cm³/mol. The van der Waals surface area contributed by atoms with Crippen molar-refractivity contribution in [3.63, 3.8) is 0 Å². The molecule has 0 rings (SSSR count). The van der Waals surface area contributed by atoms with Crippen LogP contribution in [-0.2, 0) is 0 Å². The van der Waals surface area contributed by atoms with Crippen molar-refractivity contribution in [1.29, 1.82) is 0 Å². The monoisotopic (exact) mass is 754 g/mol. The summed E-state index contributed by atoms with van der Waals surface area (Å²) in [4.78, 5) is 0. The Morgan fingerprint density at radius 1 is 0.209 bits per heavy atom.